The van der Waals surface area contributed by atoms with E-state index >= 15 is 0 Å². The topological polar surface area (TPSA) is 18.5 Å². The van der Waals surface area contributed by atoms with Gasteiger partial charge in [0.1, 0.15) is 11.5 Å². The van der Waals surface area contributed by atoms with Crippen LogP contribution < -0.4 is 9.47 Å². The largest absolute Gasteiger partial charge is 0.573 e. The first-order valence-electron chi connectivity index (χ1n) is 4.10. The number of benzene rings is 1. The molecule has 0 aliphatic rings. The molecule has 14 heavy (non-hydrogen) atoms. The van der Waals surface area contributed by atoms with Crippen LogP contribution >= 0.6 is 15.9 Å². The number of alkyl halides is 3. The summed E-state index contributed by atoms with van der Waals surface area (Å²) in [5.41, 5.74) is 0. The zero-order valence-corrected chi connectivity index (χ0v) is 8.35. The third-order valence-corrected chi connectivity index (χ3v) is 1.95. The molecule has 0 saturated heterocycles. The fraction of sp³-hybridized carbons (Fsp3) is 0.250. The summed E-state index contributed by atoms with van der Waals surface area (Å²) in [6.07, 6.45) is -4.73. The molecule has 0 aliphatic carbocycles. The smallest absolute Gasteiger partial charge is 0.495 e. The molecular weight excluding hydrogens is 265 g/mol. The SMILES string of the molecule is [2H]COc1cc(OC(F)(F)F)ccc1Br. The van der Waals surface area contributed by atoms with Gasteiger partial charge < -0.3 is 9.47 Å². The van der Waals surface area contributed by atoms with Gasteiger partial charge in [0.25, 0.3) is 0 Å². The summed E-state index contributed by atoms with van der Waals surface area (Å²) in [6.45, 7) is 0. The number of rotatable bonds is 2. The highest BCUT2D eigenvalue weighted by Gasteiger charge is 2.31. The van der Waals surface area contributed by atoms with Gasteiger partial charge in [-0.1, -0.05) is 0 Å². The summed E-state index contributed by atoms with van der Waals surface area (Å²) in [7, 11) is -0.381. The Hall–Kier alpha value is -0.910. The first-order valence-corrected chi connectivity index (χ1v) is 4.19. The van der Waals surface area contributed by atoms with E-state index in [4.69, 9.17) is 6.11 Å². The summed E-state index contributed by atoms with van der Waals surface area (Å²) < 4.78 is 51.2. The third kappa shape index (κ3) is 3.10. The second-order valence-electron chi connectivity index (χ2n) is 2.28. The highest BCUT2D eigenvalue weighted by Crippen LogP contribution is 2.31. The van der Waals surface area contributed by atoms with Crippen molar-refractivity contribution in [3.05, 3.63) is 22.7 Å². The maximum absolute atomic E-state index is 11.8. The Morgan fingerprint density at radius 2 is 2.14 bits per heavy atom. The van der Waals surface area contributed by atoms with E-state index in [0.717, 1.165) is 12.1 Å². The summed E-state index contributed by atoms with van der Waals surface area (Å²) in [5.74, 6) is -0.249. The van der Waals surface area contributed by atoms with Crippen LogP contribution in [-0.2, 0) is 0 Å². The molecule has 0 fully saturated rings. The highest BCUT2D eigenvalue weighted by atomic mass is 79.9. The molecule has 0 spiro atoms. The minimum absolute atomic E-state index is 0.131. The Balaban J connectivity index is 2.87. The number of hydrogen-bond donors (Lipinski definition) is 0. The van der Waals surface area contributed by atoms with Crippen molar-refractivity contribution in [2.24, 2.45) is 0 Å². The predicted molar refractivity (Wildman–Crippen MR) is 47.4 cm³/mol. The van der Waals surface area contributed by atoms with E-state index in [1.807, 2.05) is 0 Å². The quantitative estimate of drug-likeness (QED) is 0.821. The monoisotopic (exact) mass is 271 g/mol. The standard InChI is InChI=1S/C8H6BrF3O2/c1-13-7-4-5(2-3-6(7)9)14-8(10,11)12/h2-4H,1H3/i1D. The molecule has 2 nitrogen and oxygen atoms in total. The first kappa shape index (κ1) is 9.64. The lowest BCUT2D eigenvalue weighted by Crippen LogP contribution is -2.17. The van der Waals surface area contributed by atoms with Gasteiger partial charge in [-0.25, -0.2) is 0 Å². The molecule has 1 aromatic carbocycles. The molecule has 0 atom stereocenters. The molecule has 1 rings (SSSR count). The summed E-state index contributed by atoms with van der Waals surface area (Å²) in [6, 6.07) is 3.56. The van der Waals surface area contributed by atoms with Crippen molar-refractivity contribution < 1.29 is 24.0 Å². The van der Waals surface area contributed by atoms with Crippen molar-refractivity contribution in [3.63, 3.8) is 0 Å². The van der Waals surface area contributed by atoms with E-state index in [2.05, 4.69) is 20.7 Å². The second kappa shape index (κ2) is 4.08. The van der Waals surface area contributed by atoms with Gasteiger partial charge in [-0.05, 0) is 28.1 Å². The van der Waals surface area contributed by atoms with Crippen LogP contribution in [0.2, 0.25) is 0 Å². The third-order valence-electron chi connectivity index (χ3n) is 1.29. The zero-order valence-electron chi connectivity index (χ0n) is 7.77. The second-order valence-corrected chi connectivity index (χ2v) is 3.14. The van der Waals surface area contributed by atoms with E-state index in [1.54, 1.807) is 0 Å². The van der Waals surface area contributed by atoms with Gasteiger partial charge in [0, 0.05) is 6.07 Å². The van der Waals surface area contributed by atoms with E-state index in [-0.39, 0.29) is 18.6 Å². The molecule has 0 aliphatic heterocycles. The van der Waals surface area contributed by atoms with Crippen molar-refractivity contribution in [1.29, 1.82) is 0 Å². The lowest BCUT2D eigenvalue weighted by atomic mass is 10.3. The van der Waals surface area contributed by atoms with Gasteiger partial charge in [0.15, 0.2) is 0 Å². The van der Waals surface area contributed by atoms with E-state index in [1.165, 1.54) is 6.07 Å². The minimum atomic E-state index is -4.73. The first-order chi connectivity index (χ1) is 6.92. The van der Waals surface area contributed by atoms with Crippen LogP contribution in [0.3, 0.4) is 0 Å². The number of halogens is 4. The maximum atomic E-state index is 11.8. The minimum Gasteiger partial charge on any atom is -0.495 e. The van der Waals surface area contributed by atoms with Crippen LogP contribution in [-0.4, -0.2) is 13.4 Å². The Bertz CT molecular complexity index is 343. The van der Waals surface area contributed by atoms with Crippen LogP contribution in [0.1, 0.15) is 1.37 Å². The summed E-state index contributed by atoms with van der Waals surface area (Å²) >= 11 is 3.07. The summed E-state index contributed by atoms with van der Waals surface area (Å²) in [4.78, 5) is 0. The normalized spacial score (nSPS) is 12.1. The van der Waals surface area contributed by atoms with Gasteiger partial charge in [-0.2, -0.15) is 0 Å². The molecule has 78 valence electrons. The van der Waals surface area contributed by atoms with Crippen molar-refractivity contribution in [2.75, 3.05) is 7.09 Å². The fourth-order valence-corrected chi connectivity index (χ4v) is 1.15. The van der Waals surface area contributed by atoms with Crippen LogP contribution in [0.15, 0.2) is 22.7 Å². The molecule has 0 amide bonds. The van der Waals surface area contributed by atoms with E-state index < -0.39 is 6.36 Å². The fourth-order valence-electron chi connectivity index (χ4n) is 0.791. The van der Waals surface area contributed by atoms with Gasteiger partial charge >= 0.3 is 6.36 Å². The highest BCUT2D eigenvalue weighted by molar-refractivity contribution is 9.10. The van der Waals surface area contributed by atoms with Crippen molar-refractivity contribution in [3.8, 4) is 11.5 Å². The summed E-state index contributed by atoms with van der Waals surface area (Å²) in [5, 5.41) is 0. The van der Waals surface area contributed by atoms with Gasteiger partial charge in [-0.3, -0.25) is 0 Å². The lowest BCUT2D eigenvalue weighted by molar-refractivity contribution is -0.274. The molecule has 0 unspecified atom stereocenters. The molecule has 0 N–H and O–H groups in total. The molecule has 0 radical (unpaired) electrons. The van der Waals surface area contributed by atoms with Crippen molar-refractivity contribution in [1.82, 2.24) is 0 Å². The number of hydrogen-bond acceptors (Lipinski definition) is 2. The Morgan fingerprint density at radius 3 is 2.71 bits per heavy atom. The van der Waals surface area contributed by atoms with Gasteiger partial charge in [0.2, 0.25) is 0 Å². The van der Waals surface area contributed by atoms with Crippen LogP contribution in [0.25, 0.3) is 0 Å². The van der Waals surface area contributed by atoms with Crippen LogP contribution in [0.5, 0.6) is 11.5 Å². The molecular formula is C8H6BrF3O2. The zero-order chi connectivity index (χ0) is 11.5. The molecule has 0 heterocycles. The molecule has 0 aromatic heterocycles. The van der Waals surface area contributed by atoms with Gasteiger partial charge in [-0.15, -0.1) is 13.2 Å². The Morgan fingerprint density at radius 1 is 1.43 bits per heavy atom. The molecule has 0 saturated carbocycles. The Kier molecular flexibility index (Phi) is 2.81. The van der Waals surface area contributed by atoms with Gasteiger partial charge in [0.05, 0.1) is 12.9 Å². The lowest BCUT2D eigenvalue weighted by Gasteiger charge is -2.10. The van der Waals surface area contributed by atoms with E-state index in [0.29, 0.717) is 4.47 Å². The van der Waals surface area contributed by atoms with Crippen molar-refractivity contribution >= 4 is 15.9 Å². The van der Waals surface area contributed by atoms with Crippen LogP contribution in [0, 0.1) is 0 Å². The maximum Gasteiger partial charge on any atom is 0.573 e. The number of ether oxygens (including phenoxy) is 2. The van der Waals surface area contributed by atoms with Crippen molar-refractivity contribution in [2.45, 2.75) is 6.36 Å². The molecule has 1 aromatic rings. The molecule has 0 bridgehead atoms. The average molecular weight is 272 g/mol. The van der Waals surface area contributed by atoms with E-state index in [9.17, 15) is 13.2 Å². The predicted octanol–water partition coefficient (Wildman–Crippen LogP) is 3.36. The number of methoxy groups -OCH3 is 1. The average Bonchev–Trinajstić information content (AvgIpc) is 2.09. The molecule has 6 heteroatoms. The Labute approximate surface area is 88.2 Å². The van der Waals surface area contributed by atoms with Crippen LogP contribution in [0.4, 0.5) is 13.2 Å².